The quantitative estimate of drug-likeness (QED) is 0.629. The van der Waals surface area contributed by atoms with Crippen LogP contribution < -0.4 is 0 Å². The van der Waals surface area contributed by atoms with Crippen LogP contribution in [0.1, 0.15) is 5.76 Å². The topological polar surface area (TPSA) is 60.2 Å². The normalized spacial score (nSPS) is 11.7. The molecule has 3 aromatic rings. The number of benzene rings is 2. The van der Waals surface area contributed by atoms with Gasteiger partial charge in [-0.2, -0.15) is 0 Å². The molecule has 0 N–H and O–H groups in total. The van der Waals surface area contributed by atoms with E-state index in [1.165, 1.54) is 12.1 Å². The maximum Gasteiger partial charge on any atom is 0.178 e. The molecule has 0 amide bonds. The first-order valence-corrected chi connectivity index (χ1v) is 9.11. The van der Waals surface area contributed by atoms with E-state index in [-0.39, 0.29) is 28.1 Å². The molecule has 0 unspecified atom stereocenters. The SMILES string of the molecule is CS(=O)(=O)c1ccc(-c2c(-c3ccc(F)c(F)c3)noc2CF)cc1F. The molecule has 0 fully saturated rings. The Morgan fingerprint density at radius 3 is 2.19 bits per heavy atom. The van der Waals surface area contributed by atoms with Gasteiger partial charge in [-0.05, 0) is 35.9 Å². The predicted molar refractivity (Wildman–Crippen MR) is 85.2 cm³/mol. The summed E-state index contributed by atoms with van der Waals surface area (Å²) in [5, 5.41) is 3.66. The Morgan fingerprint density at radius 2 is 1.62 bits per heavy atom. The van der Waals surface area contributed by atoms with Crippen molar-refractivity contribution in [2.75, 3.05) is 6.26 Å². The summed E-state index contributed by atoms with van der Waals surface area (Å²) < 4.78 is 82.0. The second kappa shape index (κ2) is 6.56. The number of aromatic nitrogens is 1. The summed E-state index contributed by atoms with van der Waals surface area (Å²) in [6, 6.07) is 6.11. The van der Waals surface area contributed by atoms with Gasteiger partial charge in [0.1, 0.15) is 16.4 Å². The number of alkyl halides is 1. The van der Waals surface area contributed by atoms with Crippen molar-refractivity contribution in [1.82, 2.24) is 5.16 Å². The lowest BCUT2D eigenvalue weighted by Crippen LogP contribution is -2.01. The third-order valence-corrected chi connectivity index (χ3v) is 4.83. The molecule has 0 saturated heterocycles. The van der Waals surface area contributed by atoms with Gasteiger partial charge < -0.3 is 4.52 Å². The van der Waals surface area contributed by atoms with Gasteiger partial charge in [0.05, 0.1) is 5.56 Å². The molecule has 0 radical (unpaired) electrons. The number of rotatable bonds is 4. The van der Waals surface area contributed by atoms with Gasteiger partial charge in [-0.1, -0.05) is 11.2 Å². The fourth-order valence-electron chi connectivity index (χ4n) is 2.51. The Bertz CT molecular complexity index is 1090. The highest BCUT2D eigenvalue weighted by atomic mass is 32.2. The van der Waals surface area contributed by atoms with E-state index in [1.54, 1.807) is 0 Å². The van der Waals surface area contributed by atoms with Crippen LogP contribution in [0.3, 0.4) is 0 Å². The molecule has 2 aromatic carbocycles. The molecular weight excluding hydrogens is 374 g/mol. The van der Waals surface area contributed by atoms with Crippen LogP contribution in [0.4, 0.5) is 17.6 Å². The summed E-state index contributed by atoms with van der Waals surface area (Å²) in [4.78, 5) is -0.520. The summed E-state index contributed by atoms with van der Waals surface area (Å²) in [5.41, 5.74) is 0.180. The minimum Gasteiger partial charge on any atom is -0.357 e. The Labute approximate surface area is 146 Å². The van der Waals surface area contributed by atoms with E-state index in [1.807, 2.05) is 0 Å². The Balaban J connectivity index is 2.20. The van der Waals surface area contributed by atoms with Crippen LogP contribution in [0, 0.1) is 17.5 Å². The van der Waals surface area contributed by atoms with Crippen LogP contribution in [0.5, 0.6) is 0 Å². The fourth-order valence-corrected chi connectivity index (χ4v) is 3.24. The Morgan fingerprint density at radius 1 is 0.962 bits per heavy atom. The van der Waals surface area contributed by atoms with Crippen LogP contribution in [-0.2, 0) is 16.5 Å². The molecule has 0 aliphatic carbocycles. The molecule has 26 heavy (non-hydrogen) atoms. The van der Waals surface area contributed by atoms with Crippen molar-refractivity contribution >= 4 is 9.84 Å². The predicted octanol–water partition coefficient (Wildman–Crippen LogP) is 4.30. The zero-order chi connectivity index (χ0) is 19.1. The van der Waals surface area contributed by atoms with E-state index >= 15 is 0 Å². The van der Waals surface area contributed by atoms with Gasteiger partial charge in [0.15, 0.2) is 33.9 Å². The van der Waals surface area contributed by atoms with E-state index in [9.17, 15) is 26.0 Å². The van der Waals surface area contributed by atoms with Crippen molar-refractivity contribution in [3.05, 3.63) is 59.6 Å². The van der Waals surface area contributed by atoms with E-state index in [2.05, 4.69) is 5.16 Å². The van der Waals surface area contributed by atoms with Gasteiger partial charge in [-0.15, -0.1) is 0 Å². The van der Waals surface area contributed by atoms with Gasteiger partial charge in [0.25, 0.3) is 0 Å². The summed E-state index contributed by atoms with van der Waals surface area (Å²) in [5.74, 6) is -3.51. The third kappa shape index (κ3) is 3.22. The van der Waals surface area contributed by atoms with Crippen LogP contribution in [-0.4, -0.2) is 19.8 Å². The zero-order valence-corrected chi connectivity index (χ0v) is 14.1. The summed E-state index contributed by atoms with van der Waals surface area (Å²) in [6.07, 6.45) is 0.851. The first-order valence-electron chi connectivity index (χ1n) is 7.22. The minimum absolute atomic E-state index is 0.0249. The maximum absolute atomic E-state index is 14.2. The Kier molecular flexibility index (Phi) is 4.57. The van der Waals surface area contributed by atoms with Gasteiger partial charge in [0.2, 0.25) is 0 Å². The van der Waals surface area contributed by atoms with Gasteiger partial charge >= 0.3 is 0 Å². The second-order valence-corrected chi connectivity index (χ2v) is 7.49. The lowest BCUT2D eigenvalue weighted by molar-refractivity contribution is 0.332. The van der Waals surface area contributed by atoms with E-state index in [0.717, 1.165) is 30.5 Å². The van der Waals surface area contributed by atoms with Crippen LogP contribution >= 0.6 is 0 Å². The molecule has 1 heterocycles. The van der Waals surface area contributed by atoms with Gasteiger partial charge in [-0.25, -0.2) is 26.0 Å². The van der Waals surface area contributed by atoms with Crippen molar-refractivity contribution in [3.8, 4) is 22.4 Å². The lowest BCUT2D eigenvalue weighted by Gasteiger charge is -2.07. The number of hydrogen-bond acceptors (Lipinski definition) is 4. The average Bonchev–Trinajstić information content (AvgIpc) is 3.00. The molecule has 1 aromatic heterocycles. The van der Waals surface area contributed by atoms with Crippen LogP contribution in [0.2, 0.25) is 0 Å². The molecule has 0 spiro atoms. The van der Waals surface area contributed by atoms with Crippen molar-refractivity contribution in [3.63, 3.8) is 0 Å². The number of halogens is 4. The molecule has 3 rings (SSSR count). The van der Waals surface area contributed by atoms with E-state index in [4.69, 9.17) is 4.52 Å². The third-order valence-electron chi connectivity index (χ3n) is 3.70. The highest BCUT2D eigenvalue weighted by Crippen LogP contribution is 2.36. The number of sulfone groups is 1. The molecule has 0 bridgehead atoms. The van der Waals surface area contributed by atoms with E-state index in [0.29, 0.717) is 0 Å². The molecule has 0 aliphatic rings. The monoisotopic (exact) mass is 385 g/mol. The van der Waals surface area contributed by atoms with Crippen molar-refractivity contribution < 1.29 is 30.5 Å². The molecule has 136 valence electrons. The molecular formula is C17H11F4NO3S. The molecule has 4 nitrogen and oxygen atoms in total. The Hall–Kier alpha value is -2.68. The van der Waals surface area contributed by atoms with Gasteiger partial charge in [-0.3, -0.25) is 0 Å². The zero-order valence-electron chi connectivity index (χ0n) is 13.3. The smallest absolute Gasteiger partial charge is 0.178 e. The minimum atomic E-state index is -3.79. The maximum atomic E-state index is 14.2. The van der Waals surface area contributed by atoms with E-state index < -0.39 is 38.9 Å². The number of hydrogen-bond donors (Lipinski definition) is 0. The first-order chi connectivity index (χ1) is 12.2. The van der Waals surface area contributed by atoms with Crippen LogP contribution in [0.15, 0.2) is 45.8 Å². The van der Waals surface area contributed by atoms with Crippen molar-refractivity contribution in [1.29, 1.82) is 0 Å². The lowest BCUT2D eigenvalue weighted by atomic mass is 9.99. The summed E-state index contributed by atoms with van der Waals surface area (Å²) in [7, 11) is -3.79. The van der Waals surface area contributed by atoms with Crippen molar-refractivity contribution in [2.24, 2.45) is 0 Å². The average molecular weight is 385 g/mol. The standard InChI is InChI=1S/C17H11F4NO3S/c1-26(23,24)15-5-3-9(6-13(15)21)16-14(8-18)25-22-17(16)10-2-4-11(19)12(20)7-10/h2-7H,8H2,1H3. The summed E-state index contributed by atoms with van der Waals surface area (Å²) in [6.45, 7) is -1.08. The van der Waals surface area contributed by atoms with Crippen LogP contribution in [0.25, 0.3) is 22.4 Å². The van der Waals surface area contributed by atoms with Crippen molar-refractivity contribution in [2.45, 2.75) is 11.6 Å². The summed E-state index contributed by atoms with van der Waals surface area (Å²) >= 11 is 0. The largest absolute Gasteiger partial charge is 0.357 e. The molecule has 0 saturated carbocycles. The fraction of sp³-hybridized carbons (Fsp3) is 0.118. The second-order valence-electron chi connectivity index (χ2n) is 5.51. The van der Waals surface area contributed by atoms with Gasteiger partial charge in [0, 0.05) is 11.8 Å². The highest BCUT2D eigenvalue weighted by Gasteiger charge is 2.22. The highest BCUT2D eigenvalue weighted by molar-refractivity contribution is 7.90. The number of nitrogens with zero attached hydrogens (tertiary/aromatic N) is 1. The molecule has 0 atom stereocenters. The molecule has 0 aliphatic heterocycles. The molecule has 9 heteroatoms. The first kappa shape index (κ1) is 18.1.